The van der Waals surface area contributed by atoms with Gasteiger partial charge in [0, 0.05) is 5.54 Å². The van der Waals surface area contributed by atoms with E-state index >= 15 is 0 Å². The fraction of sp³-hybridized carbons (Fsp3) is 0.923. The molecule has 1 fully saturated rings. The molecule has 2 atom stereocenters. The highest BCUT2D eigenvalue weighted by atomic mass is 16.3. The highest BCUT2D eigenvalue weighted by Gasteiger charge is 2.29. The van der Waals surface area contributed by atoms with Crippen molar-refractivity contribution in [1.29, 1.82) is 0 Å². The van der Waals surface area contributed by atoms with Crippen molar-refractivity contribution in [1.82, 2.24) is 5.32 Å². The Morgan fingerprint density at radius 2 is 1.94 bits per heavy atom. The molecule has 0 spiro atoms. The zero-order chi connectivity index (χ0) is 13.0. The highest BCUT2D eigenvalue weighted by molar-refractivity contribution is 5.32. The van der Waals surface area contributed by atoms with Gasteiger partial charge in [-0.3, -0.25) is 4.79 Å². The molecule has 4 nitrogen and oxygen atoms in total. The Kier molecular flexibility index (Phi) is 17.1. The van der Waals surface area contributed by atoms with Gasteiger partial charge >= 0.3 is 0 Å². The van der Waals surface area contributed by atoms with Gasteiger partial charge in [0.25, 0.3) is 6.47 Å². The van der Waals surface area contributed by atoms with Crippen LogP contribution in [0.1, 0.15) is 60.8 Å². The van der Waals surface area contributed by atoms with E-state index in [2.05, 4.69) is 12.2 Å². The second-order valence-electron chi connectivity index (χ2n) is 3.96. The Morgan fingerprint density at radius 3 is 2.24 bits per heavy atom. The first kappa shape index (κ1) is 21.7. The average molecular weight is 249 g/mol. The van der Waals surface area contributed by atoms with Crippen LogP contribution in [-0.2, 0) is 4.79 Å². The van der Waals surface area contributed by atoms with Crippen LogP contribution in [0.15, 0.2) is 0 Å². The van der Waals surface area contributed by atoms with Crippen LogP contribution in [0.3, 0.4) is 0 Å². The lowest BCUT2D eigenvalue weighted by molar-refractivity contribution is -0.122. The molecular formula is C13H31NO3. The maximum absolute atomic E-state index is 9.44. The van der Waals surface area contributed by atoms with Crippen molar-refractivity contribution in [2.24, 2.45) is 0 Å². The third kappa shape index (κ3) is 11.6. The predicted molar refractivity (Wildman–Crippen MR) is 73.3 cm³/mol. The average Bonchev–Trinajstić information content (AvgIpc) is 2.69. The van der Waals surface area contributed by atoms with Crippen molar-refractivity contribution in [3.63, 3.8) is 0 Å². The molecule has 0 saturated carbocycles. The van der Waals surface area contributed by atoms with Gasteiger partial charge in [0.1, 0.15) is 0 Å². The number of aliphatic hydroxyl groups excluding tert-OH is 1. The molecular weight excluding hydrogens is 218 g/mol. The SMILES string of the molecule is C.CC.CCC(O)CC1(C)CCCN1.O=CO. The van der Waals surface area contributed by atoms with Crippen molar-refractivity contribution in [2.75, 3.05) is 6.54 Å². The standard InChI is InChI=1S/C9H19NO.C2H6.CH2O2.CH4/c1-3-8(11)7-9(2)5-4-6-10-9;1-2;2-1-3;/h8,10-11H,3-7H2,1-2H3;1-2H3;1H,(H,2,3);1H4. The number of carboxylic acid groups (broad SMARTS) is 1. The maximum Gasteiger partial charge on any atom is 0.290 e. The van der Waals surface area contributed by atoms with Crippen LogP contribution < -0.4 is 5.32 Å². The van der Waals surface area contributed by atoms with Gasteiger partial charge < -0.3 is 15.5 Å². The zero-order valence-corrected chi connectivity index (χ0v) is 11.0. The number of nitrogens with one attached hydrogen (secondary N) is 1. The summed E-state index contributed by atoms with van der Waals surface area (Å²) >= 11 is 0. The van der Waals surface area contributed by atoms with E-state index in [1.54, 1.807) is 0 Å². The molecule has 1 heterocycles. The van der Waals surface area contributed by atoms with E-state index in [1.807, 2.05) is 20.8 Å². The second-order valence-corrected chi connectivity index (χ2v) is 3.96. The summed E-state index contributed by atoms with van der Waals surface area (Å²) < 4.78 is 0. The van der Waals surface area contributed by atoms with Gasteiger partial charge in [-0.2, -0.15) is 0 Å². The molecule has 0 aliphatic carbocycles. The molecule has 2 unspecified atom stereocenters. The van der Waals surface area contributed by atoms with Crippen molar-refractivity contribution in [3.05, 3.63) is 0 Å². The molecule has 0 aromatic rings. The van der Waals surface area contributed by atoms with Gasteiger partial charge in [-0.15, -0.1) is 0 Å². The van der Waals surface area contributed by atoms with Gasteiger partial charge in [-0.1, -0.05) is 28.2 Å². The van der Waals surface area contributed by atoms with Crippen molar-refractivity contribution >= 4 is 6.47 Å². The first-order valence-corrected chi connectivity index (χ1v) is 6.09. The predicted octanol–water partition coefficient (Wildman–Crippen LogP) is 2.65. The van der Waals surface area contributed by atoms with Crippen LogP contribution >= 0.6 is 0 Å². The quantitative estimate of drug-likeness (QED) is 0.673. The third-order valence-corrected chi connectivity index (χ3v) is 2.61. The molecule has 3 N–H and O–H groups in total. The molecule has 1 saturated heterocycles. The van der Waals surface area contributed by atoms with Gasteiger partial charge in [0.2, 0.25) is 0 Å². The fourth-order valence-electron chi connectivity index (χ4n) is 1.80. The van der Waals surface area contributed by atoms with E-state index in [1.165, 1.54) is 12.8 Å². The number of carbonyl (C=O) groups is 1. The highest BCUT2D eigenvalue weighted by Crippen LogP contribution is 2.24. The Balaban J connectivity index is -0.000000286. The molecule has 0 aromatic heterocycles. The molecule has 0 aromatic carbocycles. The number of rotatable bonds is 3. The lowest BCUT2D eigenvalue weighted by Gasteiger charge is -2.26. The Hall–Kier alpha value is -0.610. The van der Waals surface area contributed by atoms with Crippen LogP contribution in [0, 0.1) is 0 Å². The molecule has 1 rings (SSSR count). The summed E-state index contributed by atoms with van der Waals surface area (Å²) in [6.07, 6.45) is 4.13. The first-order chi connectivity index (χ1) is 7.58. The minimum absolute atomic E-state index is 0. The van der Waals surface area contributed by atoms with E-state index in [-0.39, 0.29) is 25.5 Å². The molecule has 4 heteroatoms. The van der Waals surface area contributed by atoms with E-state index in [9.17, 15) is 5.11 Å². The van der Waals surface area contributed by atoms with E-state index in [0.29, 0.717) is 0 Å². The lowest BCUT2D eigenvalue weighted by atomic mass is 9.92. The van der Waals surface area contributed by atoms with Gasteiger partial charge in [-0.25, -0.2) is 0 Å². The van der Waals surface area contributed by atoms with Crippen LogP contribution in [0.25, 0.3) is 0 Å². The summed E-state index contributed by atoms with van der Waals surface area (Å²) in [5, 5.41) is 19.8. The molecule has 0 bridgehead atoms. The Morgan fingerprint density at radius 1 is 1.47 bits per heavy atom. The monoisotopic (exact) mass is 249 g/mol. The number of hydrogen-bond donors (Lipinski definition) is 3. The number of hydrogen-bond acceptors (Lipinski definition) is 3. The molecule has 17 heavy (non-hydrogen) atoms. The van der Waals surface area contributed by atoms with Crippen molar-refractivity contribution < 1.29 is 15.0 Å². The Bertz CT molecular complexity index is 157. The van der Waals surface area contributed by atoms with E-state index in [4.69, 9.17) is 9.90 Å². The van der Waals surface area contributed by atoms with Crippen LogP contribution in [-0.4, -0.2) is 34.9 Å². The van der Waals surface area contributed by atoms with Gasteiger partial charge in [0.15, 0.2) is 0 Å². The van der Waals surface area contributed by atoms with E-state index < -0.39 is 0 Å². The summed E-state index contributed by atoms with van der Waals surface area (Å²) in [6.45, 7) is 9.11. The maximum atomic E-state index is 9.44. The summed E-state index contributed by atoms with van der Waals surface area (Å²) in [7, 11) is 0. The second kappa shape index (κ2) is 13.5. The normalized spacial score (nSPS) is 23.1. The van der Waals surface area contributed by atoms with Crippen molar-refractivity contribution in [2.45, 2.75) is 72.4 Å². The minimum atomic E-state index is -0.250. The summed E-state index contributed by atoms with van der Waals surface area (Å²) in [5.74, 6) is 0. The zero-order valence-electron chi connectivity index (χ0n) is 11.0. The minimum Gasteiger partial charge on any atom is -0.483 e. The number of aliphatic hydroxyl groups is 1. The molecule has 1 aliphatic rings. The smallest absolute Gasteiger partial charge is 0.290 e. The first-order valence-electron chi connectivity index (χ1n) is 6.09. The fourth-order valence-corrected chi connectivity index (χ4v) is 1.80. The summed E-state index contributed by atoms with van der Waals surface area (Å²) in [4.78, 5) is 8.36. The lowest BCUT2D eigenvalue weighted by Crippen LogP contribution is -2.39. The Labute approximate surface area is 106 Å². The molecule has 106 valence electrons. The van der Waals surface area contributed by atoms with Crippen LogP contribution in [0.4, 0.5) is 0 Å². The van der Waals surface area contributed by atoms with Crippen LogP contribution in [0.5, 0.6) is 0 Å². The molecule has 0 radical (unpaired) electrons. The largest absolute Gasteiger partial charge is 0.483 e. The van der Waals surface area contributed by atoms with Gasteiger partial charge in [-0.05, 0) is 39.2 Å². The molecule has 1 aliphatic heterocycles. The summed E-state index contributed by atoms with van der Waals surface area (Å²) in [6, 6.07) is 0. The van der Waals surface area contributed by atoms with Gasteiger partial charge in [0.05, 0.1) is 6.10 Å². The third-order valence-electron chi connectivity index (χ3n) is 2.61. The van der Waals surface area contributed by atoms with E-state index in [0.717, 1.165) is 19.4 Å². The summed E-state index contributed by atoms with van der Waals surface area (Å²) in [5.41, 5.74) is 0.218. The van der Waals surface area contributed by atoms with Crippen molar-refractivity contribution in [3.8, 4) is 0 Å². The van der Waals surface area contributed by atoms with Crippen LogP contribution in [0.2, 0.25) is 0 Å². The molecule has 0 amide bonds. The topological polar surface area (TPSA) is 69.6 Å².